The van der Waals surface area contributed by atoms with E-state index < -0.39 is 0 Å². The Balaban J connectivity index is 2.20. The van der Waals surface area contributed by atoms with Gasteiger partial charge in [0.2, 0.25) is 0 Å². The summed E-state index contributed by atoms with van der Waals surface area (Å²) in [6, 6.07) is 6.97. The average Bonchev–Trinajstić information content (AvgIpc) is 2.35. The van der Waals surface area contributed by atoms with Crippen LogP contribution in [0.5, 0.6) is 0 Å². The lowest BCUT2D eigenvalue weighted by atomic mass is 10.1. The molecule has 0 heterocycles. The van der Waals surface area contributed by atoms with E-state index in [-0.39, 0.29) is 5.82 Å². The van der Waals surface area contributed by atoms with Gasteiger partial charge < -0.3 is 0 Å². The first-order chi connectivity index (χ1) is 8.34. The Morgan fingerprint density at radius 3 is 2.65 bits per heavy atom. The van der Waals surface area contributed by atoms with E-state index in [0.717, 1.165) is 31.2 Å². The van der Waals surface area contributed by atoms with Gasteiger partial charge in [-0.05, 0) is 37.3 Å². The van der Waals surface area contributed by atoms with Crippen LogP contribution in [0.2, 0.25) is 0 Å². The zero-order valence-corrected chi connectivity index (χ0v) is 10.1. The van der Waals surface area contributed by atoms with E-state index >= 15 is 0 Å². The Kier molecular flexibility index (Phi) is 6.73. The minimum atomic E-state index is -0.0950. The average molecular weight is 230 g/mol. The molecule has 90 valence electrons. The van der Waals surface area contributed by atoms with Crippen LogP contribution in [0.4, 0.5) is 4.39 Å². The summed E-state index contributed by atoms with van der Waals surface area (Å²) in [7, 11) is 0. The monoisotopic (exact) mass is 230 g/mol. The molecule has 0 aliphatic carbocycles. The smallest absolute Gasteiger partial charge is 0.126 e. The van der Waals surface area contributed by atoms with Gasteiger partial charge in [-0.3, -0.25) is 0 Å². The van der Waals surface area contributed by atoms with E-state index in [1.165, 1.54) is 6.07 Å². The van der Waals surface area contributed by atoms with E-state index in [0.29, 0.717) is 0 Å². The number of unbranched alkanes of at least 4 members (excludes halogenated alkanes) is 1. The highest BCUT2D eigenvalue weighted by atomic mass is 19.1. The molecule has 1 aromatic carbocycles. The lowest BCUT2D eigenvalue weighted by Crippen LogP contribution is -1.89. The van der Waals surface area contributed by atoms with Crippen molar-refractivity contribution >= 4 is 0 Å². The summed E-state index contributed by atoms with van der Waals surface area (Å²) in [5.41, 5.74) is 0.808. The van der Waals surface area contributed by atoms with Crippen LogP contribution in [0.1, 0.15) is 24.8 Å². The van der Waals surface area contributed by atoms with E-state index in [1.807, 2.05) is 30.4 Å². The molecule has 0 unspecified atom stereocenters. The Morgan fingerprint density at radius 1 is 1.12 bits per heavy atom. The van der Waals surface area contributed by atoms with Gasteiger partial charge in [-0.25, -0.2) is 4.39 Å². The molecule has 0 N–H and O–H groups in total. The summed E-state index contributed by atoms with van der Waals surface area (Å²) in [6.07, 6.45) is 13.7. The van der Waals surface area contributed by atoms with Gasteiger partial charge in [-0.15, -0.1) is 6.58 Å². The van der Waals surface area contributed by atoms with Crippen LogP contribution >= 0.6 is 0 Å². The Labute approximate surface area is 103 Å². The maximum atomic E-state index is 13.3. The molecule has 0 radical (unpaired) electrons. The molecule has 1 heteroatoms. The lowest BCUT2D eigenvalue weighted by molar-refractivity contribution is 0.605. The molecule has 0 atom stereocenters. The fraction of sp³-hybridized carbons (Fsp3) is 0.250. The number of allylic oxidation sites excluding steroid dienone is 5. The second-order valence-electron chi connectivity index (χ2n) is 3.86. The zero-order chi connectivity index (χ0) is 12.3. The molecule has 0 aromatic heterocycles. The summed E-state index contributed by atoms with van der Waals surface area (Å²) >= 11 is 0. The first-order valence-corrected chi connectivity index (χ1v) is 6.00. The van der Waals surface area contributed by atoms with Crippen LogP contribution in [0.25, 0.3) is 0 Å². The Bertz CT molecular complexity index is 388. The molecule has 0 saturated heterocycles. The van der Waals surface area contributed by atoms with Gasteiger partial charge in [-0.1, -0.05) is 48.6 Å². The summed E-state index contributed by atoms with van der Waals surface area (Å²) in [5, 5.41) is 0. The number of hydrogen-bond acceptors (Lipinski definition) is 0. The number of hydrogen-bond donors (Lipinski definition) is 0. The van der Waals surface area contributed by atoms with Gasteiger partial charge in [0.15, 0.2) is 0 Å². The highest BCUT2D eigenvalue weighted by molar-refractivity contribution is 5.17. The molecule has 1 rings (SSSR count). The molecule has 0 saturated carbocycles. The first-order valence-electron chi connectivity index (χ1n) is 6.00. The van der Waals surface area contributed by atoms with Gasteiger partial charge >= 0.3 is 0 Å². The molecular formula is C16H19F. The van der Waals surface area contributed by atoms with Crippen molar-refractivity contribution in [3.8, 4) is 0 Å². The second-order valence-corrected chi connectivity index (χ2v) is 3.86. The zero-order valence-electron chi connectivity index (χ0n) is 10.1. The van der Waals surface area contributed by atoms with E-state index in [9.17, 15) is 4.39 Å². The van der Waals surface area contributed by atoms with E-state index in [1.54, 1.807) is 6.07 Å². The fourth-order valence-corrected chi connectivity index (χ4v) is 1.54. The third-order valence-electron chi connectivity index (χ3n) is 2.46. The van der Waals surface area contributed by atoms with Crippen molar-refractivity contribution in [1.29, 1.82) is 0 Å². The van der Waals surface area contributed by atoms with Crippen LogP contribution in [-0.4, -0.2) is 0 Å². The van der Waals surface area contributed by atoms with Crippen LogP contribution in [0.3, 0.4) is 0 Å². The highest BCUT2D eigenvalue weighted by Crippen LogP contribution is 2.10. The molecule has 0 aliphatic rings. The maximum absolute atomic E-state index is 13.3. The SMILES string of the molecule is C=CC/C=C/C=C/CCCc1ccccc1F. The van der Waals surface area contributed by atoms with Crippen LogP contribution in [0.15, 0.2) is 61.2 Å². The molecule has 0 nitrogen and oxygen atoms in total. The van der Waals surface area contributed by atoms with Crippen molar-refractivity contribution < 1.29 is 4.39 Å². The minimum Gasteiger partial charge on any atom is -0.207 e. The summed E-state index contributed by atoms with van der Waals surface area (Å²) < 4.78 is 13.3. The number of benzene rings is 1. The van der Waals surface area contributed by atoms with Gasteiger partial charge in [0.05, 0.1) is 0 Å². The molecule has 1 aromatic rings. The third-order valence-corrected chi connectivity index (χ3v) is 2.46. The molecule has 0 aliphatic heterocycles. The number of halogens is 1. The van der Waals surface area contributed by atoms with Crippen LogP contribution in [0, 0.1) is 5.82 Å². The summed E-state index contributed by atoms with van der Waals surface area (Å²) in [5.74, 6) is -0.0950. The highest BCUT2D eigenvalue weighted by Gasteiger charge is 1.98. The quantitative estimate of drug-likeness (QED) is 0.357. The molecule has 0 fully saturated rings. The van der Waals surface area contributed by atoms with Crippen molar-refractivity contribution in [3.05, 3.63) is 72.6 Å². The number of rotatable bonds is 7. The molecule has 0 amide bonds. The van der Waals surface area contributed by atoms with Gasteiger partial charge in [0.1, 0.15) is 5.82 Å². The van der Waals surface area contributed by atoms with Crippen molar-refractivity contribution in [1.82, 2.24) is 0 Å². The summed E-state index contributed by atoms with van der Waals surface area (Å²) in [6.45, 7) is 3.64. The standard InChI is InChI=1S/C16H19F/c1-2-3-4-5-6-7-8-9-12-15-13-10-11-14-16(15)17/h2,4-7,10-11,13-14H,1,3,8-9,12H2/b5-4+,7-6+. The Hall–Kier alpha value is -1.63. The Morgan fingerprint density at radius 2 is 1.88 bits per heavy atom. The largest absolute Gasteiger partial charge is 0.207 e. The topological polar surface area (TPSA) is 0 Å². The van der Waals surface area contributed by atoms with Crippen LogP contribution in [-0.2, 0) is 6.42 Å². The van der Waals surface area contributed by atoms with Crippen molar-refractivity contribution in [2.24, 2.45) is 0 Å². The minimum absolute atomic E-state index is 0.0950. The molecule has 17 heavy (non-hydrogen) atoms. The molecular weight excluding hydrogens is 211 g/mol. The third kappa shape index (κ3) is 5.86. The molecule has 0 spiro atoms. The van der Waals surface area contributed by atoms with Crippen molar-refractivity contribution in [2.75, 3.05) is 0 Å². The lowest BCUT2D eigenvalue weighted by Gasteiger charge is -2.00. The van der Waals surface area contributed by atoms with Crippen LogP contribution < -0.4 is 0 Å². The second kappa shape index (κ2) is 8.51. The first kappa shape index (κ1) is 13.4. The van der Waals surface area contributed by atoms with E-state index in [2.05, 4.69) is 18.7 Å². The normalized spacial score (nSPS) is 11.4. The van der Waals surface area contributed by atoms with Gasteiger partial charge in [-0.2, -0.15) is 0 Å². The van der Waals surface area contributed by atoms with Gasteiger partial charge in [0.25, 0.3) is 0 Å². The predicted octanol–water partition coefficient (Wildman–Crippen LogP) is 4.84. The van der Waals surface area contributed by atoms with Gasteiger partial charge in [0, 0.05) is 0 Å². The van der Waals surface area contributed by atoms with Crippen molar-refractivity contribution in [2.45, 2.75) is 25.7 Å². The fourth-order valence-electron chi connectivity index (χ4n) is 1.54. The predicted molar refractivity (Wildman–Crippen MR) is 72.4 cm³/mol. The molecule has 0 bridgehead atoms. The summed E-state index contributed by atoms with van der Waals surface area (Å²) in [4.78, 5) is 0. The van der Waals surface area contributed by atoms with Crippen molar-refractivity contribution in [3.63, 3.8) is 0 Å². The number of aryl methyl sites for hydroxylation is 1. The maximum Gasteiger partial charge on any atom is 0.126 e. The van der Waals surface area contributed by atoms with E-state index in [4.69, 9.17) is 0 Å².